The van der Waals surface area contributed by atoms with Gasteiger partial charge in [0.1, 0.15) is 0 Å². The van der Waals surface area contributed by atoms with Gasteiger partial charge in [-0.05, 0) is 37.5 Å². The fourth-order valence-corrected chi connectivity index (χ4v) is 3.13. The zero-order valence-corrected chi connectivity index (χ0v) is 15.2. The average molecular weight is 393 g/mol. The number of carbonyl (C=O) groups excluding carboxylic acids is 2. The summed E-state index contributed by atoms with van der Waals surface area (Å²) in [6.45, 7) is 1.98. The summed E-state index contributed by atoms with van der Waals surface area (Å²) in [5.74, 6) is -0.728. The van der Waals surface area contributed by atoms with Gasteiger partial charge in [0.25, 0.3) is 5.91 Å². The molecular formula is C17H22ClF3N3O2+. The number of hydrogen-bond donors (Lipinski definition) is 2. The Morgan fingerprint density at radius 3 is 2.50 bits per heavy atom. The van der Waals surface area contributed by atoms with Gasteiger partial charge in [0, 0.05) is 12.7 Å². The number of rotatable bonds is 5. The third kappa shape index (κ3) is 5.88. The number of nitrogens with zero attached hydrogens (tertiary/aromatic N) is 1. The first-order chi connectivity index (χ1) is 12.2. The molecule has 0 bridgehead atoms. The molecule has 0 aromatic heterocycles. The molecular weight excluding hydrogens is 371 g/mol. The Hall–Kier alpha value is -1.80. The van der Waals surface area contributed by atoms with Crippen LogP contribution in [0.1, 0.15) is 24.8 Å². The fraction of sp³-hybridized carbons (Fsp3) is 0.529. The smallest absolute Gasteiger partial charge is 0.332 e. The third-order valence-corrected chi connectivity index (χ3v) is 4.65. The van der Waals surface area contributed by atoms with Crippen molar-refractivity contribution in [3.63, 3.8) is 0 Å². The van der Waals surface area contributed by atoms with Crippen LogP contribution in [0, 0.1) is 0 Å². The molecule has 2 rings (SSSR count). The first kappa shape index (κ1) is 20.5. The van der Waals surface area contributed by atoms with Crippen LogP contribution in [0.3, 0.4) is 0 Å². The molecule has 0 atom stereocenters. The summed E-state index contributed by atoms with van der Waals surface area (Å²) >= 11 is 5.55. The summed E-state index contributed by atoms with van der Waals surface area (Å²) in [7, 11) is 1.51. The molecule has 1 aliphatic heterocycles. The van der Waals surface area contributed by atoms with E-state index < -0.39 is 22.7 Å². The van der Waals surface area contributed by atoms with Gasteiger partial charge in [-0.1, -0.05) is 11.6 Å². The molecule has 2 N–H and O–H groups in total. The Bertz CT molecular complexity index is 661. The highest BCUT2D eigenvalue weighted by molar-refractivity contribution is 6.31. The Balaban J connectivity index is 1.90. The van der Waals surface area contributed by atoms with E-state index in [-0.39, 0.29) is 18.1 Å². The molecule has 1 saturated heterocycles. The summed E-state index contributed by atoms with van der Waals surface area (Å²) in [6, 6.07) is 3.14. The van der Waals surface area contributed by atoms with Crippen LogP contribution in [0.5, 0.6) is 0 Å². The molecule has 9 heteroatoms. The molecule has 26 heavy (non-hydrogen) atoms. The van der Waals surface area contributed by atoms with E-state index in [0.29, 0.717) is 6.54 Å². The van der Waals surface area contributed by atoms with E-state index in [9.17, 15) is 22.8 Å². The van der Waals surface area contributed by atoms with Crippen molar-refractivity contribution in [3.05, 3.63) is 28.8 Å². The maximum absolute atomic E-state index is 12.9. The molecule has 0 saturated carbocycles. The van der Waals surface area contributed by atoms with Gasteiger partial charge in [0.15, 0.2) is 6.54 Å². The number of anilines is 1. The van der Waals surface area contributed by atoms with Gasteiger partial charge in [0.2, 0.25) is 5.91 Å². The van der Waals surface area contributed by atoms with Crippen molar-refractivity contribution >= 4 is 29.1 Å². The Morgan fingerprint density at radius 2 is 1.88 bits per heavy atom. The predicted octanol–water partition coefficient (Wildman–Crippen LogP) is 1.82. The number of benzene rings is 1. The SMILES string of the molecule is CN(CC(=O)Nc1ccc(Cl)c(C(F)(F)F)c1)C(=O)C[NH+]1CCCCC1. The minimum Gasteiger partial charge on any atom is -0.332 e. The lowest BCUT2D eigenvalue weighted by molar-refractivity contribution is -0.897. The highest BCUT2D eigenvalue weighted by atomic mass is 35.5. The van der Waals surface area contributed by atoms with Gasteiger partial charge >= 0.3 is 6.18 Å². The van der Waals surface area contributed by atoms with Crippen LogP contribution in [0.4, 0.5) is 18.9 Å². The summed E-state index contributed by atoms with van der Waals surface area (Å²) < 4.78 is 38.6. The summed E-state index contributed by atoms with van der Waals surface area (Å²) in [5.41, 5.74) is -1.04. The Morgan fingerprint density at radius 1 is 1.23 bits per heavy atom. The maximum atomic E-state index is 12.9. The second-order valence-electron chi connectivity index (χ2n) is 6.48. The van der Waals surface area contributed by atoms with Gasteiger partial charge in [-0.3, -0.25) is 9.59 Å². The van der Waals surface area contributed by atoms with Crippen LogP contribution < -0.4 is 10.2 Å². The average Bonchev–Trinajstić information content (AvgIpc) is 2.56. The lowest BCUT2D eigenvalue weighted by Crippen LogP contribution is -3.13. The van der Waals surface area contributed by atoms with E-state index >= 15 is 0 Å². The number of piperidine rings is 1. The zero-order chi connectivity index (χ0) is 19.3. The van der Waals surface area contributed by atoms with E-state index in [1.54, 1.807) is 0 Å². The van der Waals surface area contributed by atoms with Crippen molar-refractivity contribution in [2.75, 3.05) is 38.5 Å². The van der Waals surface area contributed by atoms with Crippen molar-refractivity contribution in [1.29, 1.82) is 0 Å². The number of quaternary nitrogens is 1. The van der Waals surface area contributed by atoms with E-state index in [1.165, 1.54) is 29.3 Å². The predicted molar refractivity (Wildman–Crippen MR) is 92.1 cm³/mol. The lowest BCUT2D eigenvalue weighted by atomic mass is 10.1. The van der Waals surface area contributed by atoms with Crippen LogP contribution in [-0.2, 0) is 15.8 Å². The van der Waals surface area contributed by atoms with Crippen LogP contribution in [0.15, 0.2) is 18.2 Å². The van der Waals surface area contributed by atoms with Crippen molar-refractivity contribution in [2.24, 2.45) is 0 Å². The van der Waals surface area contributed by atoms with Crippen LogP contribution in [0.25, 0.3) is 0 Å². The fourth-order valence-electron chi connectivity index (χ4n) is 2.90. The molecule has 0 aliphatic carbocycles. The summed E-state index contributed by atoms with van der Waals surface area (Å²) in [6.07, 6.45) is -1.26. The van der Waals surface area contributed by atoms with Gasteiger partial charge in [-0.15, -0.1) is 0 Å². The normalized spacial score (nSPS) is 15.6. The third-order valence-electron chi connectivity index (χ3n) is 4.32. The van der Waals surface area contributed by atoms with Gasteiger partial charge in [-0.2, -0.15) is 13.2 Å². The first-order valence-corrected chi connectivity index (χ1v) is 8.78. The topological polar surface area (TPSA) is 53.9 Å². The van der Waals surface area contributed by atoms with E-state index in [2.05, 4.69) is 5.32 Å². The number of alkyl halides is 3. The number of halogens is 4. The van der Waals surface area contributed by atoms with Crippen LogP contribution in [-0.4, -0.2) is 49.9 Å². The minimum absolute atomic E-state index is 0.0192. The Kier molecular flexibility index (Phi) is 6.88. The molecule has 1 heterocycles. The quantitative estimate of drug-likeness (QED) is 0.803. The second kappa shape index (κ2) is 8.73. The standard InChI is InChI=1S/C17H21ClF3N3O2/c1-23(16(26)11-24-7-3-2-4-8-24)10-15(25)22-12-5-6-14(18)13(9-12)17(19,20)21/h5-6,9H,2-4,7-8,10-11H2,1H3,(H,22,25)/p+1. The molecule has 2 amide bonds. The number of carbonyl (C=O) groups is 2. The molecule has 0 radical (unpaired) electrons. The molecule has 1 aromatic carbocycles. The van der Waals surface area contributed by atoms with Crippen LogP contribution >= 0.6 is 11.6 Å². The second-order valence-corrected chi connectivity index (χ2v) is 6.88. The molecule has 1 aliphatic rings. The monoisotopic (exact) mass is 392 g/mol. The number of amides is 2. The van der Waals surface area contributed by atoms with E-state index in [4.69, 9.17) is 11.6 Å². The largest absolute Gasteiger partial charge is 0.417 e. The molecule has 1 fully saturated rings. The highest BCUT2D eigenvalue weighted by Gasteiger charge is 2.33. The number of likely N-dealkylation sites (tertiary alicyclic amines) is 1. The highest BCUT2D eigenvalue weighted by Crippen LogP contribution is 2.36. The van der Waals surface area contributed by atoms with E-state index in [0.717, 1.165) is 38.1 Å². The molecule has 0 spiro atoms. The maximum Gasteiger partial charge on any atom is 0.417 e. The molecule has 0 unspecified atom stereocenters. The van der Waals surface area contributed by atoms with E-state index in [1.807, 2.05) is 0 Å². The Labute approximate surface area is 155 Å². The lowest BCUT2D eigenvalue weighted by Gasteiger charge is -2.25. The molecule has 144 valence electrons. The van der Waals surface area contributed by atoms with Gasteiger partial charge in [0.05, 0.1) is 30.2 Å². The van der Waals surface area contributed by atoms with Crippen molar-refractivity contribution in [2.45, 2.75) is 25.4 Å². The summed E-state index contributed by atoms with van der Waals surface area (Å²) in [5, 5.41) is 1.94. The molecule has 5 nitrogen and oxygen atoms in total. The minimum atomic E-state index is -4.61. The van der Waals surface area contributed by atoms with Gasteiger partial charge < -0.3 is 15.1 Å². The molecule has 1 aromatic rings. The van der Waals surface area contributed by atoms with Crippen molar-refractivity contribution in [1.82, 2.24) is 4.90 Å². The summed E-state index contributed by atoms with van der Waals surface area (Å²) in [4.78, 5) is 26.7. The van der Waals surface area contributed by atoms with Crippen molar-refractivity contribution < 1.29 is 27.7 Å². The van der Waals surface area contributed by atoms with Crippen molar-refractivity contribution in [3.8, 4) is 0 Å². The zero-order valence-electron chi connectivity index (χ0n) is 14.5. The number of nitrogens with one attached hydrogen (secondary N) is 2. The first-order valence-electron chi connectivity index (χ1n) is 8.41. The number of hydrogen-bond acceptors (Lipinski definition) is 2. The van der Waals surface area contributed by atoms with Gasteiger partial charge in [-0.25, -0.2) is 0 Å². The number of likely N-dealkylation sites (N-methyl/N-ethyl adjacent to an activating group) is 1. The van der Waals surface area contributed by atoms with Crippen LogP contribution in [0.2, 0.25) is 5.02 Å².